The van der Waals surface area contributed by atoms with Gasteiger partial charge in [0.05, 0.1) is 11.5 Å². The average molecular weight is 307 g/mol. The van der Waals surface area contributed by atoms with E-state index in [0.717, 1.165) is 12.8 Å². The molecule has 0 heterocycles. The van der Waals surface area contributed by atoms with Gasteiger partial charge in [0.15, 0.2) is 0 Å². The molecule has 1 fully saturated rings. The zero-order valence-corrected chi connectivity index (χ0v) is 12.6. The number of anilines is 1. The number of rotatable bonds is 8. The number of carbonyl (C=O) groups is 1. The molecule has 120 valence electrons. The van der Waals surface area contributed by atoms with Crippen molar-refractivity contribution >= 4 is 17.3 Å². The lowest BCUT2D eigenvalue weighted by Crippen LogP contribution is -2.42. The molecular weight excluding hydrogens is 286 g/mol. The fraction of sp³-hybridized carbons (Fsp3) is 0.533. The number of likely N-dealkylation sites (N-methyl/N-ethyl adjacent to an activating group) is 1. The van der Waals surface area contributed by atoms with Gasteiger partial charge in [0, 0.05) is 25.8 Å². The first-order chi connectivity index (χ1) is 10.5. The van der Waals surface area contributed by atoms with Gasteiger partial charge in [-0.2, -0.15) is 0 Å². The van der Waals surface area contributed by atoms with Crippen LogP contribution in [0.25, 0.3) is 0 Å². The van der Waals surface area contributed by atoms with E-state index >= 15 is 0 Å². The first-order valence-corrected chi connectivity index (χ1v) is 7.37. The lowest BCUT2D eigenvalue weighted by atomic mass is 10.1. The third-order valence-corrected chi connectivity index (χ3v) is 3.85. The smallest absolute Gasteiger partial charge is 0.292 e. The number of aliphatic hydroxyl groups is 1. The Morgan fingerprint density at radius 2 is 2.18 bits per heavy atom. The SMILES string of the molecule is CN(CC(=O)NC(CCO)C1CC1)c1ccccc1[N+](=O)[O-]. The van der Waals surface area contributed by atoms with Crippen LogP contribution in [0.2, 0.25) is 0 Å². The second-order valence-electron chi connectivity index (χ2n) is 5.63. The highest BCUT2D eigenvalue weighted by Crippen LogP contribution is 2.34. The number of hydrogen-bond acceptors (Lipinski definition) is 5. The molecule has 2 rings (SSSR count). The molecule has 1 atom stereocenters. The Morgan fingerprint density at radius 3 is 2.77 bits per heavy atom. The molecule has 7 heteroatoms. The zero-order chi connectivity index (χ0) is 16.1. The van der Waals surface area contributed by atoms with Crippen molar-refractivity contribution < 1.29 is 14.8 Å². The van der Waals surface area contributed by atoms with Crippen molar-refractivity contribution in [3.05, 3.63) is 34.4 Å². The van der Waals surface area contributed by atoms with Crippen LogP contribution in [-0.4, -0.2) is 42.2 Å². The molecule has 22 heavy (non-hydrogen) atoms. The lowest BCUT2D eigenvalue weighted by Gasteiger charge is -2.22. The maximum Gasteiger partial charge on any atom is 0.292 e. The minimum atomic E-state index is -0.456. The monoisotopic (exact) mass is 307 g/mol. The van der Waals surface area contributed by atoms with Gasteiger partial charge in [-0.25, -0.2) is 0 Å². The van der Waals surface area contributed by atoms with Crippen molar-refractivity contribution in [2.24, 2.45) is 5.92 Å². The van der Waals surface area contributed by atoms with E-state index in [1.165, 1.54) is 6.07 Å². The molecule has 0 aliphatic heterocycles. The van der Waals surface area contributed by atoms with E-state index in [2.05, 4.69) is 5.32 Å². The minimum absolute atomic E-state index is 0.00309. The quantitative estimate of drug-likeness (QED) is 0.557. The van der Waals surface area contributed by atoms with Crippen molar-refractivity contribution in [3.8, 4) is 0 Å². The summed E-state index contributed by atoms with van der Waals surface area (Å²) in [5.41, 5.74) is 0.389. The molecule has 2 N–H and O–H groups in total. The molecule has 0 radical (unpaired) electrons. The molecule has 0 saturated heterocycles. The van der Waals surface area contributed by atoms with Crippen LogP contribution in [-0.2, 0) is 4.79 Å². The molecule has 7 nitrogen and oxygen atoms in total. The second-order valence-corrected chi connectivity index (χ2v) is 5.63. The van der Waals surface area contributed by atoms with Gasteiger partial charge < -0.3 is 15.3 Å². The number of benzene rings is 1. The third kappa shape index (κ3) is 4.17. The Bertz CT molecular complexity index is 545. The molecule has 1 aliphatic rings. The van der Waals surface area contributed by atoms with Crippen molar-refractivity contribution in [2.45, 2.75) is 25.3 Å². The summed E-state index contributed by atoms with van der Waals surface area (Å²) in [5, 5.41) is 23.0. The van der Waals surface area contributed by atoms with E-state index in [9.17, 15) is 14.9 Å². The summed E-state index contributed by atoms with van der Waals surface area (Å²) >= 11 is 0. The number of nitro groups is 1. The van der Waals surface area contributed by atoms with Gasteiger partial charge in [-0.15, -0.1) is 0 Å². The molecule has 1 saturated carbocycles. The standard InChI is InChI=1S/C15H21N3O4/c1-17(13-4-2-3-5-14(13)18(21)22)10-15(20)16-12(8-9-19)11-6-7-11/h2-5,11-12,19H,6-10H2,1H3,(H,16,20). The number of nitrogens with one attached hydrogen (secondary N) is 1. The maximum atomic E-state index is 12.1. The third-order valence-electron chi connectivity index (χ3n) is 3.85. The number of aliphatic hydroxyl groups excluding tert-OH is 1. The van der Waals surface area contributed by atoms with Crippen molar-refractivity contribution in [3.63, 3.8) is 0 Å². The Balaban J connectivity index is 1.97. The summed E-state index contributed by atoms with van der Waals surface area (Å²) in [6, 6.07) is 6.34. The topological polar surface area (TPSA) is 95.7 Å². The first kappa shape index (κ1) is 16.2. The summed E-state index contributed by atoms with van der Waals surface area (Å²) in [6.07, 6.45) is 2.70. The van der Waals surface area contributed by atoms with E-state index in [4.69, 9.17) is 5.11 Å². The minimum Gasteiger partial charge on any atom is -0.396 e. The van der Waals surface area contributed by atoms with Crippen LogP contribution in [0.5, 0.6) is 0 Å². The van der Waals surface area contributed by atoms with E-state index in [1.54, 1.807) is 30.1 Å². The average Bonchev–Trinajstić information content (AvgIpc) is 3.31. The van der Waals surface area contributed by atoms with Crippen molar-refractivity contribution in [2.75, 3.05) is 25.1 Å². The van der Waals surface area contributed by atoms with Crippen LogP contribution in [0.15, 0.2) is 24.3 Å². The predicted octanol–water partition coefficient (Wildman–Crippen LogP) is 1.31. The first-order valence-electron chi connectivity index (χ1n) is 7.37. The van der Waals surface area contributed by atoms with Crippen LogP contribution < -0.4 is 10.2 Å². The van der Waals surface area contributed by atoms with Gasteiger partial charge in [-0.05, 0) is 31.2 Å². The number of hydrogen-bond donors (Lipinski definition) is 2. The molecule has 1 amide bonds. The summed E-state index contributed by atoms with van der Waals surface area (Å²) in [7, 11) is 1.65. The normalized spacial score (nSPS) is 15.2. The largest absolute Gasteiger partial charge is 0.396 e. The molecule has 0 spiro atoms. The summed E-state index contributed by atoms with van der Waals surface area (Å²) < 4.78 is 0. The number of amides is 1. The summed E-state index contributed by atoms with van der Waals surface area (Å²) in [4.78, 5) is 24.3. The van der Waals surface area contributed by atoms with Gasteiger partial charge in [0.2, 0.25) is 5.91 Å². The molecule has 1 aromatic carbocycles. The lowest BCUT2D eigenvalue weighted by molar-refractivity contribution is -0.384. The van der Waals surface area contributed by atoms with E-state index < -0.39 is 4.92 Å². The van der Waals surface area contributed by atoms with Gasteiger partial charge in [0.25, 0.3) is 5.69 Å². The maximum absolute atomic E-state index is 12.1. The molecule has 1 aliphatic carbocycles. The Labute approximate surface area is 129 Å². The summed E-state index contributed by atoms with van der Waals surface area (Å²) in [5.74, 6) is 0.262. The van der Waals surface area contributed by atoms with Crippen molar-refractivity contribution in [1.82, 2.24) is 5.32 Å². The summed E-state index contributed by atoms with van der Waals surface area (Å²) in [6.45, 7) is 0.0843. The molecule has 0 bridgehead atoms. The highest BCUT2D eigenvalue weighted by atomic mass is 16.6. The Kier molecular flexibility index (Phi) is 5.32. The molecule has 1 aromatic rings. The fourth-order valence-corrected chi connectivity index (χ4v) is 2.56. The molecule has 0 aromatic heterocycles. The van der Waals surface area contributed by atoms with Gasteiger partial charge in [-0.3, -0.25) is 14.9 Å². The Hall–Kier alpha value is -2.15. The number of para-hydroxylation sites is 2. The van der Waals surface area contributed by atoms with Crippen LogP contribution in [0.3, 0.4) is 0 Å². The highest BCUT2D eigenvalue weighted by Gasteiger charge is 2.32. The number of nitrogens with zero attached hydrogens (tertiary/aromatic N) is 2. The van der Waals surface area contributed by atoms with Gasteiger partial charge in [-0.1, -0.05) is 12.1 Å². The van der Waals surface area contributed by atoms with E-state index in [1.807, 2.05) is 0 Å². The van der Waals surface area contributed by atoms with Crippen LogP contribution in [0.4, 0.5) is 11.4 Å². The van der Waals surface area contributed by atoms with Crippen LogP contribution >= 0.6 is 0 Å². The van der Waals surface area contributed by atoms with Gasteiger partial charge in [0.1, 0.15) is 5.69 Å². The van der Waals surface area contributed by atoms with E-state index in [0.29, 0.717) is 18.0 Å². The van der Waals surface area contributed by atoms with Crippen LogP contribution in [0.1, 0.15) is 19.3 Å². The second kappa shape index (κ2) is 7.22. The number of nitro benzene ring substituents is 1. The van der Waals surface area contributed by atoms with Crippen LogP contribution in [0, 0.1) is 16.0 Å². The fourth-order valence-electron chi connectivity index (χ4n) is 2.56. The molecular formula is C15H21N3O4. The number of carbonyl (C=O) groups excluding carboxylic acids is 1. The van der Waals surface area contributed by atoms with E-state index in [-0.39, 0.29) is 30.8 Å². The molecule has 1 unspecified atom stereocenters. The van der Waals surface area contributed by atoms with Gasteiger partial charge >= 0.3 is 0 Å². The predicted molar refractivity (Wildman–Crippen MR) is 82.7 cm³/mol. The zero-order valence-electron chi connectivity index (χ0n) is 12.6. The highest BCUT2D eigenvalue weighted by molar-refractivity contribution is 5.82. The Morgan fingerprint density at radius 1 is 1.50 bits per heavy atom. The van der Waals surface area contributed by atoms with Crippen molar-refractivity contribution in [1.29, 1.82) is 0 Å².